The highest BCUT2D eigenvalue weighted by Gasteiger charge is 2.16. The molecule has 5 rings (SSSR count). The molecule has 0 amide bonds. The van der Waals surface area contributed by atoms with Gasteiger partial charge >= 0.3 is 0 Å². The Bertz CT molecular complexity index is 1190. The summed E-state index contributed by atoms with van der Waals surface area (Å²) < 4.78 is 2.17. The van der Waals surface area contributed by atoms with E-state index in [1.54, 1.807) is 6.20 Å². The molecule has 0 saturated carbocycles. The number of pyridine rings is 2. The summed E-state index contributed by atoms with van der Waals surface area (Å²) >= 11 is 0. The maximum atomic E-state index is 4.93. The second-order valence-electron chi connectivity index (χ2n) is 6.43. The van der Waals surface area contributed by atoms with Crippen LogP contribution in [0.25, 0.3) is 39.3 Å². The zero-order valence-corrected chi connectivity index (χ0v) is 14.7. The molecule has 0 bridgehead atoms. The molecule has 3 nitrogen and oxygen atoms in total. The lowest BCUT2D eigenvalue weighted by molar-refractivity contribution is 1.18. The van der Waals surface area contributed by atoms with Crippen molar-refractivity contribution < 1.29 is 0 Å². The molecule has 27 heavy (non-hydrogen) atoms. The minimum atomic E-state index is 0.924. The molecule has 0 radical (unpaired) electrons. The summed E-state index contributed by atoms with van der Waals surface area (Å²) in [4.78, 5) is 9.25. The van der Waals surface area contributed by atoms with E-state index in [2.05, 4.69) is 70.2 Å². The highest BCUT2D eigenvalue weighted by Crippen LogP contribution is 2.33. The summed E-state index contributed by atoms with van der Waals surface area (Å²) in [6.45, 7) is 0. The summed E-state index contributed by atoms with van der Waals surface area (Å²) in [6.07, 6.45) is 5.85. The maximum Gasteiger partial charge on any atom is 0.137 e. The summed E-state index contributed by atoms with van der Waals surface area (Å²) in [5, 5.41) is 0. The molecule has 3 heterocycles. The fourth-order valence-electron chi connectivity index (χ4n) is 3.42. The van der Waals surface area contributed by atoms with Crippen LogP contribution in [0.1, 0.15) is 0 Å². The molecular weight excluding hydrogens is 330 g/mol. The van der Waals surface area contributed by atoms with E-state index in [1.807, 2.05) is 36.5 Å². The van der Waals surface area contributed by atoms with Crippen molar-refractivity contribution in [1.82, 2.24) is 14.4 Å². The molecule has 0 spiro atoms. The third kappa shape index (κ3) is 2.79. The van der Waals surface area contributed by atoms with E-state index in [4.69, 9.17) is 4.98 Å². The Kier molecular flexibility index (Phi) is 3.76. The van der Waals surface area contributed by atoms with Gasteiger partial charge in [-0.1, -0.05) is 60.7 Å². The maximum absolute atomic E-state index is 4.93. The molecular formula is C24H17N3. The Hall–Kier alpha value is -3.72. The van der Waals surface area contributed by atoms with Gasteiger partial charge in [0.25, 0.3) is 0 Å². The first kappa shape index (κ1) is 15.5. The monoisotopic (exact) mass is 347 g/mol. The molecule has 0 aliphatic rings. The van der Waals surface area contributed by atoms with Crippen molar-refractivity contribution in [2.45, 2.75) is 0 Å². The van der Waals surface area contributed by atoms with Gasteiger partial charge < -0.3 is 0 Å². The zero-order chi connectivity index (χ0) is 18.1. The molecule has 0 aliphatic heterocycles. The molecule has 0 saturated heterocycles. The predicted molar refractivity (Wildman–Crippen MR) is 109 cm³/mol. The van der Waals surface area contributed by atoms with Gasteiger partial charge in [-0.25, -0.2) is 4.98 Å². The van der Waals surface area contributed by atoms with Crippen LogP contribution in [0.15, 0.2) is 104 Å². The van der Waals surface area contributed by atoms with Crippen molar-refractivity contribution in [1.29, 1.82) is 0 Å². The minimum Gasteiger partial charge on any atom is -0.298 e. The fourth-order valence-corrected chi connectivity index (χ4v) is 3.42. The molecule has 0 unspecified atom stereocenters. The number of fused-ring (bicyclic) bond motifs is 1. The van der Waals surface area contributed by atoms with Crippen LogP contribution in [0.5, 0.6) is 0 Å². The van der Waals surface area contributed by atoms with Crippen molar-refractivity contribution in [3.05, 3.63) is 104 Å². The van der Waals surface area contributed by atoms with Gasteiger partial charge in [0.2, 0.25) is 0 Å². The third-order valence-corrected chi connectivity index (χ3v) is 4.71. The second-order valence-corrected chi connectivity index (χ2v) is 6.43. The Morgan fingerprint density at radius 1 is 0.593 bits per heavy atom. The van der Waals surface area contributed by atoms with Gasteiger partial charge in [0, 0.05) is 29.7 Å². The van der Waals surface area contributed by atoms with Gasteiger partial charge in [-0.05, 0) is 35.4 Å². The average Bonchev–Trinajstić information content (AvgIpc) is 3.14. The molecule has 0 fully saturated rings. The smallest absolute Gasteiger partial charge is 0.137 e. The zero-order valence-electron chi connectivity index (χ0n) is 14.7. The molecule has 128 valence electrons. The van der Waals surface area contributed by atoms with Gasteiger partial charge in [0.15, 0.2) is 0 Å². The number of nitrogens with zero attached hydrogens (tertiary/aromatic N) is 3. The SMILES string of the molecule is c1ccc(-c2ccc3nc(-c4ccccc4)c(-c4cccnc4)n3c2)cc1. The molecule has 0 N–H and O–H groups in total. The average molecular weight is 347 g/mol. The number of hydrogen-bond donors (Lipinski definition) is 0. The molecule has 0 atom stereocenters. The highest BCUT2D eigenvalue weighted by molar-refractivity contribution is 5.82. The normalized spacial score (nSPS) is 11.0. The van der Waals surface area contributed by atoms with Gasteiger partial charge in [-0.15, -0.1) is 0 Å². The van der Waals surface area contributed by atoms with E-state index in [-0.39, 0.29) is 0 Å². The lowest BCUT2D eigenvalue weighted by Gasteiger charge is -2.07. The van der Waals surface area contributed by atoms with Crippen LogP contribution in [-0.4, -0.2) is 14.4 Å². The lowest BCUT2D eigenvalue weighted by atomic mass is 10.1. The molecule has 3 aromatic heterocycles. The van der Waals surface area contributed by atoms with E-state index < -0.39 is 0 Å². The summed E-state index contributed by atoms with van der Waals surface area (Å²) in [7, 11) is 0. The van der Waals surface area contributed by atoms with Crippen LogP contribution < -0.4 is 0 Å². The Morgan fingerprint density at radius 2 is 1.30 bits per heavy atom. The standard InChI is InChI=1S/C24H17N3/c1-3-8-18(9-4-1)21-13-14-22-26-23(19-10-5-2-6-11-19)24(27(22)17-21)20-12-7-15-25-16-20/h1-17H. The van der Waals surface area contributed by atoms with Crippen LogP contribution in [-0.2, 0) is 0 Å². The van der Waals surface area contributed by atoms with Gasteiger partial charge in [-0.2, -0.15) is 0 Å². The van der Waals surface area contributed by atoms with Gasteiger partial charge in [0.05, 0.1) is 11.4 Å². The van der Waals surface area contributed by atoms with Crippen LogP contribution in [0, 0.1) is 0 Å². The molecule has 3 heteroatoms. The van der Waals surface area contributed by atoms with Crippen molar-refractivity contribution in [2.75, 3.05) is 0 Å². The van der Waals surface area contributed by atoms with Gasteiger partial charge in [-0.3, -0.25) is 9.38 Å². The van der Waals surface area contributed by atoms with E-state index in [0.717, 1.165) is 33.7 Å². The van der Waals surface area contributed by atoms with Crippen LogP contribution in [0.3, 0.4) is 0 Å². The minimum absolute atomic E-state index is 0.924. The summed E-state index contributed by atoms with van der Waals surface area (Å²) in [6, 6.07) is 29.0. The topological polar surface area (TPSA) is 30.2 Å². The first-order chi connectivity index (χ1) is 13.4. The predicted octanol–water partition coefficient (Wildman–Crippen LogP) is 5.73. The van der Waals surface area contributed by atoms with E-state index in [0.29, 0.717) is 0 Å². The van der Waals surface area contributed by atoms with Crippen molar-refractivity contribution in [3.8, 4) is 33.6 Å². The largest absolute Gasteiger partial charge is 0.298 e. The Labute approximate surface area is 157 Å². The number of aromatic nitrogens is 3. The van der Waals surface area contributed by atoms with Crippen molar-refractivity contribution >= 4 is 5.65 Å². The summed E-state index contributed by atoms with van der Waals surface area (Å²) in [5.74, 6) is 0. The van der Waals surface area contributed by atoms with Crippen LogP contribution >= 0.6 is 0 Å². The van der Waals surface area contributed by atoms with Crippen LogP contribution in [0.4, 0.5) is 0 Å². The summed E-state index contributed by atoms with van der Waals surface area (Å²) in [5.41, 5.74) is 7.44. The molecule has 0 aliphatic carbocycles. The highest BCUT2D eigenvalue weighted by atomic mass is 15.0. The van der Waals surface area contributed by atoms with Crippen molar-refractivity contribution in [3.63, 3.8) is 0 Å². The second kappa shape index (κ2) is 6.54. The van der Waals surface area contributed by atoms with E-state index >= 15 is 0 Å². The molecule has 5 aromatic rings. The number of rotatable bonds is 3. The first-order valence-corrected chi connectivity index (χ1v) is 8.93. The lowest BCUT2D eigenvalue weighted by Crippen LogP contribution is -1.91. The Balaban J connectivity index is 1.80. The van der Waals surface area contributed by atoms with Gasteiger partial charge in [0.1, 0.15) is 5.65 Å². The first-order valence-electron chi connectivity index (χ1n) is 8.93. The molecule has 2 aromatic carbocycles. The third-order valence-electron chi connectivity index (χ3n) is 4.71. The van der Waals surface area contributed by atoms with E-state index in [1.165, 1.54) is 5.56 Å². The number of hydrogen-bond acceptors (Lipinski definition) is 2. The van der Waals surface area contributed by atoms with Crippen molar-refractivity contribution in [2.24, 2.45) is 0 Å². The Morgan fingerprint density at radius 3 is 2.00 bits per heavy atom. The van der Waals surface area contributed by atoms with E-state index in [9.17, 15) is 0 Å². The number of benzene rings is 2. The quantitative estimate of drug-likeness (QED) is 0.417. The number of imidazole rings is 1. The fraction of sp³-hybridized carbons (Fsp3) is 0. The van der Waals surface area contributed by atoms with Crippen LogP contribution in [0.2, 0.25) is 0 Å².